The number of aromatic amines is 1. The molecule has 0 saturated carbocycles. The van der Waals surface area contributed by atoms with Crippen molar-refractivity contribution in [3.63, 3.8) is 0 Å². The van der Waals surface area contributed by atoms with E-state index in [2.05, 4.69) is 50.0 Å². The van der Waals surface area contributed by atoms with Gasteiger partial charge in [0.15, 0.2) is 0 Å². The molecular formula is C23H24N6. The van der Waals surface area contributed by atoms with Crippen molar-refractivity contribution in [3.05, 3.63) is 60.7 Å². The molecular weight excluding hydrogens is 360 g/mol. The lowest BCUT2D eigenvalue weighted by atomic mass is 10.0. The molecule has 5 heterocycles. The average Bonchev–Trinajstić information content (AvgIpc) is 3.22. The van der Waals surface area contributed by atoms with E-state index in [4.69, 9.17) is 4.98 Å². The third-order valence-corrected chi connectivity index (χ3v) is 5.58. The zero-order chi connectivity index (χ0) is 19.8. The Kier molecular flexibility index (Phi) is 4.48. The molecule has 1 aliphatic heterocycles. The fraction of sp³-hybridized carbons (Fsp3) is 0.261. The minimum Gasteiger partial charge on any atom is -0.368 e. The number of anilines is 1. The number of nitrogens with zero attached hydrogens (tertiary/aromatic N) is 5. The van der Waals surface area contributed by atoms with E-state index < -0.39 is 0 Å². The maximum absolute atomic E-state index is 4.80. The highest BCUT2D eigenvalue weighted by molar-refractivity contribution is 5.95. The minimum absolute atomic E-state index is 0.864. The van der Waals surface area contributed by atoms with Crippen LogP contribution in [0.25, 0.3) is 33.5 Å². The fourth-order valence-electron chi connectivity index (χ4n) is 3.91. The van der Waals surface area contributed by atoms with E-state index in [9.17, 15) is 0 Å². The van der Waals surface area contributed by atoms with E-state index >= 15 is 0 Å². The van der Waals surface area contributed by atoms with Crippen LogP contribution in [0.2, 0.25) is 0 Å². The van der Waals surface area contributed by atoms with Gasteiger partial charge in [-0.15, -0.1) is 0 Å². The SMILES string of the molecule is Cc1cccc(-c2cc(-c3cncc(N4CCN(C)CC4)c3)c3cc[nH]c3n2)n1. The van der Waals surface area contributed by atoms with Crippen LogP contribution in [0.15, 0.2) is 55.0 Å². The van der Waals surface area contributed by atoms with Crippen LogP contribution in [-0.4, -0.2) is 58.1 Å². The average molecular weight is 384 g/mol. The first-order valence-electron chi connectivity index (χ1n) is 9.98. The Hall–Kier alpha value is -3.25. The number of aryl methyl sites for hydroxylation is 1. The number of nitrogens with one attached hydrogen (secondary N) is 1. The van der Waals surface area contributed by atoms with Gasteiger partial charge in [-0.25, -0.2) is 4.98 Å². The van der Waals surface area contributed by atoms with Crippen LogP contribution >= 0.6 is 0 Å². The Labute approximate surface area is 170 Å². The Morgan fingerprint density at radius 3 is 2.62 bits per heavy atom. The number of likely N-dealkylation sites (N-methyl/N-ethyl adjacent to an activating group) is 1. The highest BCUT2D eigenvalue weighted by atomic mass is 15.2. The number of hydrogen-bond donors (Lipinski definition) is 1. The lowest BCUT2D eigenvalue weighted by Gasteiger charge is -2.34. The molecule has 0 unspecified atom stereocenters. The number of pyridine rings is 3. The second-order valence-electron chi connectivity index (χ2n) is 7.68. The van der Waals surface area contributed by atoms with E-state index in [0.717, 1.165) is 65.4 Å². The van der Waals surface area contributed by atoms with Crippen molar-refractivity contribution < 1.29 is 0 Å². The van der Waals surface area contributed by atoms with Gasteiger partial charge >= 0.3 is 0 Å². The van der Waals surface area contributed by atoms with Gasteiger partial charge in [-0.05, 0) is 49.9 Å². The number of H-pyrrole nitrogens is 1. The standard InChI is InChI=1S/C23H24N6/c1-16-4-3-5-21(26-16)22-13-20(19-6-7-25-23(19)27-22)17-12-18(15-24-14-17)29-10-8-28(2)9-11-29/h3-7,12-15H,8-11H2,1-2H3,(H,25,27). The second kappa shape index (κ2) is 7.29. The van der Waals surface area contributed by atoms with Crippen molar-refractivity contribution in [1.29, 1.82) is 0 Å². The third-order valence-electron chi connectivity index (χ3n) is 5.58. The van der Waals surface area contributed by atoms with Crippen LogP contribution in [-0.2, 0) is 0 Å². The monoisotopic (exact) mass is 384 g/mol. The molecule has 29 heavy (non-hydrogen) atoms. The van der Waals surface area contributed by atoms with Crippen molar-refractivity contribution in [2.24, 2.45) is 0 Å². The van der Waals surface area contributed by atoms with Gasteiger partial charge in [-0.3, -0.25) is 9.97 Å². The number of fused-ring (bicyclic) bond motifs is 1. The summed E-state index contributed by atoms with van der Waals surface area (Å²) in [6.45, 7) is 6.20. The summed E-state index contributed by atoms with van der Waals surface area (Å²) in [5, 5.41) is 1.10. The molecule has 0 spiro atoms. The van der Waals surface area contributed by atoms with Crippen LogP contribution in [0, 0.1) is 6.92 Å². The Morgan fingerprint density at radius 1 is 0.931 bits per heavy atom. The van der Waals surface area contributed by atoms with Gasteiger partial charge in [-0.1, -0.05) is 6.07 Å². The molecule has 6 heteroatoms. The molecule has 0 amide bonds. The molecule has 6 nitrogen and oxygen atoms in total. The zero-order valence-electron chi connectivity index (χ0n) is 16.8. The molecule has 0 radical (unpaired) electrons. The van der Waals surface area contributed by atoms with Gasteiger partial charge in [0.05, 0.1) is 23.3 Å². The zero-order valence-corrected chi connectivity index (χ0v) is 16.8. The van der Waals surface area contributed by atoms with Crippen LogP contribution in [0.3, 0.4) is 0 Å². The first kappa shape index (κ1) is 17.8. The van der Waals surface area contributed by atoms with Gasteiger partial charge in [0.25, 0.3) is 0 Å². The van der Waals surface area contributed by atoms with Crippen LogP contribution in [0.4, 0.5) is 5.69 Å². The van der Waals surface area contributed by atoms with E-state index in [0.29, 0.717) is 0 Å². The van der Waals surface area contributed by atoms with E-state index in [-0.39, 0.29) is 0 Å². The maximum Gasteiger partial charge on any atom is 0.138 e. The Morgan fingerprint density at radius 2 is 1.79 bits per heavy atom. The lowest BCUT2D eigenvalue weighted by Crippen LogP contribution is -2.44. The summed E-state index contributed by atoms with van der Waals surface area (Å²) < 4.78 is 0. The quantitative estimate of drug-likeness (QED) is 0.583. The number of rotatable bonds is 3. The largest absolute Gasteiger partial charge is 0.368 e. The molecule has 0 aromatic carbocycles. The van der Waals surface area contributed by atoms with Crippen LogP contribution in [0.1, 0.15) is 5.69 Å². The summed E-state index contributed by atoms with van der Waals surface area (Å²) in [7, 11) is 2.17. The Balaban J connectivity index is 1.60. The summed E-state index contributed by atoms with van der Waals surface area (Å²) in [4.78, 5) is 22.1. The van der Waals surface area contributed by atoms with E-state index in [1.54, 1.807) is 0 Å². The molecule has 1 saturated heterocycles. The summed E-state index contributed by atoms with van der Waals surface area (Å²) in [6, 6.07) is 12.5. The normalized spacial score (nSPS) is 15.2. The number of hydrogen-bond acceptors (Lipinski definition) is 5. The van der Waals surface area contributed by atoms with Crippen LogP contribution in [0.5, 0.6) is 0 Å². The molecule has 1 aliphatic rings. The van der Waals surface area contributed by atoms with Gasteiger partial charge < -0.3 is 14.8 Å². The molecule has 1 fully saturated rings. The molecule has 1 N–H and O–H groups in total. The molecule has 5 rings (SSSR count). The maximum atomic E-state index is 4.80. The molecule has 0 atom stereocenters. The summed E-state index contributed by atoms with van der Waals surface area (Å²) in [5.41, 5.74) is 6.99. The van der Waals surface area contributed by atoms with Crippen molar-refractivity contribution >= 4 is 16.7 Å². The fourth-order valence-corrected chi connectivity index (χ4v) is 3.91. The Bertz CT molecular complexity index is 1160. The van der Waals surface area contributed by atoms with Crippen LogP contribution < -0.4 is 4.90 Å². The molecule has 146 valence electrons. The molecule has 4 aromatic heterocycles. The highest BCUT2D eigenvalue weighted by Crippen LogP contribution is 2.32. The van der Waals surface area contributed by atoms with Crippen molar-refractivity contribution in [2.75, 3.05) is 38.1 Å². The number of piperazine rings is 1. The molecule has 0 aliphatic carbocycles. The summed E-state index contributed by atoms with van der Waals surface area (Å²) in [5.74, 6) is 0. The van der Waals surface area contributed by atoms with Crippen molar-refractivity contribution in [2.45, 2.75) is 6.92 Å². The third kappa shape index (κ3) is 3.47. The first-order chi connectivity index (χ1) is 14.2. The van der Waals surface area contributed by atoms with Gasteiger partial charge in [-0.2, -0.15) is 0 Å². The predicted octanol–water partition coefficient (Wildman–Crippen LogP) is 3.75. The first-order valence-corrected chi connectivity index (χ1v) is 9.98. The summed E-state index contributed by atoms with van der Waals surface area (Å²) >= 11 is 0. The van der Waals surface area contributed by atoms with Crippen molar-refractivity contribution in [3.8, 4) is 22.5 Å². The topological polar surface area (TPSA) is 60.9 Å². The van der Waals surface area contributed by atoms with Gasteiger partial charge in [0.2, 0.25) is 0 Å². The molecule has 4 aromatic rings. The smallest absolute Gasteiger partial charge is 0.138 e. The van der Waals surface area contributed by atoms with Gasteiger partial charge in [0, 0.05) is 55.2 Å². The second-order valence-corrected chi connectivity index (χ2v) is 7.68. The van der Waals surface area contributed by atoms with Gasteiger partial charge in [0.1, 0.15) is 5.65 Å². The van der Waals surface area contributed by atoms with Crippen molar-refractivity contribution in [1.82, 2.24) is 24.8 Å². The number of aromatic nitrogens is 4. The van der Waals surface area contributed by atoms with E-state index in [1.807, 2.05) is 43.7 Å². The van der Waals surface area contributed by atoms with E-state index in [1.165, 1.54) is 5.69 Å². The molecule has 0 bridgehead atoms. The summed E-state index contributed by atoms with van der Waals surface area (Å²) in [6.07, 6.45) is 5.84. The minimum atomic E-state index is 0.864. The predicted molar refractivity (Wildman–Crippen MR) is 117 cm³/mol. The lowest BCUT2D eigenvalue weighted by molar-refractivity contribution is 0.313. The highest BCUT2D eigenvalue weighted by Gasteiger charge is 2.17.